The van der Waals surface area contributed by atoms with Gasteiger partial charge in [0.2, 0.25) is 0 Å². The summed E-state index contributed by atoms with van der Waals surface area (Å²) in [6.07, 6.45) is 10.5. The summed E-state index contributed by atoms with van der Waals surface area (Å²) in [6, 6.07) is 10.1. The maximum Gasteiger partial charge on any atom is 0.0863 e. The van der Waals surface area contributed by atoms with Crippen LogP contribution in [0.3, 0.4) is 0 Å². The van der Waals surface area contributed by atoms with Gasteiger partial charge in [0, 0.05) is 5.75 Å². The molecule has 0 radical (unpaired) electrons. The lowest BCUT2D eigenvalue weighted by molar-refractivity contribution is 0.0398. The fourth-order valence-electron chi connectivity index (χ4n) is 2.49. The van der Waals surface area contributed by atoms with Gasteiger partial charge in [-0.1, -0.05) is 82.2 Å². The summed E-state index contributed by atoms with van der Waals surface area (Å²) < 4.78 is 5.56. The van der Waals surface area contributed by atoms with Gasteiger partial charge in [-0.3, -0.25) is 0 Å². The predicted octanol–water partition coefficient (Wildman–Crippen LogP) is 5.44. The Balaban J connectivity index is 1.84. The number of rotatable bonds is 15. The summed E-state index contributed by atoms with van der Waals surface area (Å²) in [6.45, 7) is 3.28. The molecule has 0 aliphatic heterocycles. The summed E-state index contributed by atoms with van der Waals surface area (Å²) >= 11 is 1.85. The zero-order valence-corrected chi connectivity index (χ0v) is 15.5. The number of aliphatic hydroxyl groups excluding tert-OH is 1. The minimum absolute atomic E-state index is 0.349. The predicted molar refractivity (Wildman–Crippen MR) is 102 cm³/mol. The Morgan fingerprint density at radius 1 is 0.957 bits per heavy atom. The van der Waals surface area contributed by atoms with E-state index in [0.29, 0.717) is 13.2 Å². The van der Waals surface area contributed by atoms with E-state index in [1.165, 1.54) is 51.4 Å². The molecule has 1 N–H and O–H groups in total. The number of unbranched alkanes of at least 4 members (excludes halogenated alkanes) is 7. The molecule has 23 heavy (non-hydrogen) atoms. The SMILES string of the molecule is CCCCCCCCCCSCC(O)COCc1ccccc1. The molecule has 1 rings (SSSR count). The molecule has 0 saturated carbocycles. The van der Waals surface area contributed by atoms with E-state index in [1.807, 2.05) is 42.1 Å². The average molecular weight is 339 g/mol. The van der Waals surface area contributed by atoms with Crippen LogP contribution in [-0.4, -0.2) is 29.3 Å². The van der Waals surface area contributed by atoms with Crippen LogP contribution in [-0.2, 0) is 11.3 Å². The van der Waals surface area contributed by atoms with Crippen molar-refractivity contribution in [2.45, 2.75) is 71.0 Å². The van der Waals surface area contributed by atoms with E-state index in [2.05, 4.69) is 6.92 Å². The first-order valence-corrected chi connectivity index (χ1v) is 10.4. The zero-order chi connectivity index (χ0) is 16.6. The fraction of sp³-hybridized carbons (Fsp3) is 0.700. The molecular formula is C20H34O2S. The summed E-state index contributed by atoms with van der Waals surface area (Å²) in [5.74, 6) is 1.94. The first-order chi connectivity index (χ1) is 11.3. The van der Waals surface area contributed by atoms with E-state index in [9.17, 15) is 5.11 Å². The van der Waals surface area contributed by atoms with Gasteiger partial charge in [0.1, 0.15) is 0 Å². The first-order valence-electron chi connectivity index (χ1n) is 9.20. The molecule has 1 aromatic rings. The van der Waals surface area contributed by atoms with E-state index >= 15 is 0 Å². The highest BCUT2D eigenvalue weighted by Gasteiger charge is 2.04. The third-order valence-electron chi connectivity index (χ3n) is 3.87. The van der Waals surface area contributed by atoms with Crippen molar-refractivity contribution in [2.75, 3.05) is 18.1 Å². The molecule has 0 heterocycles. The lowest BCUT2D eigenvalue weighted by Gasteiger charge is -2.11. The van der Waals surface area contributed by atoms with Gasteiger partial charge in [-0.15, -0.1) is 0 Å². The molecule has 0 aromatic heterocycles. The summed E-state index contributed by atoms with van der Waals surface area (Å²) in [4.78, 5) is 0. The van der Waals surface area contributed by atoms with E-state index in [0.717, 1.165) is 17.1 Å². The van der Waals surface area contributed by atoms with Gasteiger partial charge in [-0.05, 0) is 17.7 Å². The topological polar surface area (TPSA) is 29.5 Å². The Morgan fingerprint density at radius 2 is 1.61 bits per heavy atom. The Hall–Kier alpha value is -0.510. The second kappa shape index (κ2) is 15.0. The van der Waals surface area contributed by atoms with Gasteiger partial charge in [-0.25, -0.2) is 0 Å². The summed E-state index contributed by atoms with van der Waals surface area (Å²) in [5.41, 5.74) is 1.16. The summed E-state index contributed by atoms with van der Waals surface area (Å²) in [7, 11) is 0. The largest absolute Gasteiger partial charge is 0.390 e. The Morgan fingerprint density at radius 3 is 2.30 bits per heavy atom. The number of aliphatic hydroxyl groups is 1. The van der Waals surface area contributed by atoms with Crippen molar-refractivity contribution in [3.05, 3.63) is 35.9 Å². The molecule has 0 bridgehead atoms. The zero-order valence-electron chi connectivity index (χ0n) is 14.7. The molecule has 0 aliphatic carbocycles. The molecular weight excluding hydrogens is 304 g/mol. The molecule has 132 valence electrons. The first kappa shape index (κ1) is 20.5. The Kier molecular flexibility index (Phi) is 13.4. The van der Waals surface area contributed by atoms with Crippen molar-refractivity contribution >= 4 is 11.8 Å². The van der Waals surface area contributed by atoms with Crippen LogP contribution < -0.4 is 0 Å². The third-order valence-corrected chi connectivity index (χ3v) is 5.07. The molecule has 0 fully saturated rings. The average Bonchev–Trinajstić information content (AvgIpc) is 2.57. The number of thioether (sulfide) groups is 1. The molecule has 1 unspecified atom stereocenters. The van der Waals surface area contributed by atoms with Gasteiger partial charge in [0.25, 0.3) is 0 Å². The highest BCUT2D eigenvalue weighted by atomic mass is 32.2. The number of hydrogen-bond donors (Lipinski definition) is 1. The van der Waals surface area contributed by atoms with Gasteiger partial charge in [0.15, 0.2) is 0 Å². The van der Waals surface area contributed by atoms with Crippen molar-refractivity contribution in [1.29, 1.82) is 0 Å². The number of benzene rings is 1. The quantitative estimate of drug-likeness (QED) is 0.432. The lowest BCUT2D eigenvalue weighted by Crippen LogP contribution is -2.18. The van der Waals surface area contributed by atoms with Gasteiger partial charge < -0.3 is 9.84 Å². The van der Waals surface area contributed by atoms with Crippen molar-refractivity contribution < 1.29 is 9.84 Å². The minimum Gasteiger partial charge on any atom is -0.390 e. The van der Waals surface area contributed by atoms with Crippen LogP contribution in [0.2, 0.25) is 0 Å². The van der Waals surface area contributed by atoms with Crippen LogP contribution in [0.15, 0.2) is 30.3 Å². The lowest BCUT2D eigenvalue weighted by atomic mass is 10.1. The van der Waals surface area contributed by atoms with Crippen LogP contribution in [0.25, 0.3) is 0 Å². The Bertz CT molecular complexity index is 356. The molecule has 2 nitrogen and oxygen atoms in total. The second-order valence-corrected chi connectivity index (χ2v) is 7.35. The summed E-state index contributed by atoms with van der Waals surface area (Å²) in [5, 5.41) is 9.90. The molecule has 0 amide bonds. The van der Waals surface area contributed by atoms with Crippen LogP contribution in [0.1, 0.15) is 63.9 Å². The van der Waals surface area contributed by atoms with Crippen molar-refractivity contribution in [2.24, 2.45) is 0 Å². The van der Waals surface area contributed by atoms with Crippen LogP contribution in [0.5, 0.6) is 0 Å². The number of hydrogen-bond acceptors (Lipinski definition) is 3. The van der Waals surface area contributed by atoms with E-state index in [1.54, 1.807) is 0 Å². The molecule has 1 aromatic carbocycles. The number of ether oxygens (including phenoxy) is 1. The Labute approximate surface area is 147 Å². The van der Waals surface area contributed by atoms with Gasteiger partial charge in [-0.2, -0.15) is 11.8 Å². The monoisotopic (exact) mass is 338 g/mol. The highest BCUT2D eigenvalue weighted by molar-refractivity contribution is 7.99. The smallest absolute Gasteiger partial charge is 0.0863 e. The van der Waals surface area contributed by atoms with Crippen molar-refractivity contribution in [3.63, 3.8) is 0 Å². The van der Waals surface area contributed by atoms with E-state index in [-0.39, 0.29) is 6.10 Å². The van der Waals surface area contributed by atoms with Crippen LogP contribution in [0.4, 0.5) is 0 Å². The molecule has 0 aliphatic rings. The highest BCUT2D eigenvalue weighted by Crippen LogP contribution is 2.12. The van der Waals surface area contributed by atoms with Crippen molar-refractivity contribution in [3.8, 4) is 0 Å². The van der Waals surface area contributed by atoms with Crippen LogP contribution >= 0.6 is 11.8 Å². The normalized spacial score (nSPS) is 12.4. The molecule has 0 saturated heterocycles. The van der Waals surface area contributed by atoms with E-state index < -0.39 is 0 Å². The third kappa shape index (κ3) is 12.6. The van der Waals surface area contributed by atoms with Crippen LogP contribution in [0, 0.1) is 0 Å². The molecule has 1 atom stereocenters. The molecule has 0 spiro atoms. The maximum absolute atomic E-state index is 9.90. The maximum atomic E-state index is 9.90. The molecule has 3 heteroatoms. The van der Waals surface area contributed by atoms with Gasteiger partial charge >= 0.3 is 0 Å². The van der Waals surface area contributed by atoms with Gasteiger partial charge in [0.05, 0.1) is 19.3 Å². The standard InChI is InChI=1S/C20H34O2S/c1-2-3-4-5-6-7-8-12-15-23-18-20(21)17-22-16-19-13-10-9-11-14-19/h9-11,13-14,20-21H,2-8,12,15-18H2,1H3. The fourth-order valence-corrected chi connectivity index (χ4v) is 3.44. The second-order valence-electron chi connectivity index (χ2n) is 6.20. The van der Waals surface area contributed by atoms with Crippen molar-refractivity contribution in [1.82, 2.24) is 0 Å². The minimum atomic E-state index is -0.349. The van der Waals surface area contributed by atoms with E-state index in [4.69, 9.17) is 4.74 Å².